The Bertz CT molecular complexity index is 626. The SMILES string of the molecule is COc1c(Cl)ccc(Cl)c1C(=O)N(C)CCc1ccco1. The van der Waals surface area contributed by atoms with Crippen molar-refractivity contribution in [1.29, 1.82) is 0 Å². The topological polar surface area (TPSA) is 42.7 Å². The molecule has 21 heavy (non-hydrogen) atoms. The lowest BCUT2D eigenvalue weighted by atomic mass is 10.1. The monoisotopic (exact) mass is 327 g/mol. The van der Waals surface area contributed by atoms with E-state index in [1.807, 2.05) is 12.1 Å². The van der Waals surface area contributed by atoms with E-state index in [2.05, 4.69) is 0 Å². The predicted molar refractivity (Wildman–Crippen MR) is 82.4 cm³/mol. The second-order valence-electron chi connectivity index (χ2n) is 4.49. The zero-order chi connectivity index (χ0) is 15.4. The minimum Gasteiger partial charge on any atom is -0.494 e. The van der Waals surface area contributed by atoms with Crippen LogP contribution in [0.25, 0.3) is 0 Å². The first-order valence-corrected chi connectivity index (χ1v) is 7.10. The quantitative estimate of drug-likeness (QED) is 0.836. The Morgan fingerprint density at radius 1 is 1.29 bits per heavy atom. The van der Waals surface area contributed by atoms with E-state index in [0.29, 0.717) is 28.8 Å². The van der Waals surface area contributed by atoms with Crippen molar-refractivity contribution < 1.29 is 13.9 Å². The van der Waals surface area contributed by atoms with Crippen molar-refractivity contribution in [2.24, 2.45) is 0 Å². The zero-order valence-electron chi connectivity index (χ0n) is 11.7. The molecule has 1 aromatic carbocycles. The van der Waals surface area contributed by atoms with Crippen molar-refractivity contribution in [1.82, 2.24) is 4.90 Å². The maximum absolute atomic E-state index is 12.5. The largest absolute Gasteiger partial charge is 0.494 e. The van der Waals surface area contributed by atoms with Crippen molar-refractivity contribution in [3.8, 4) is 5.75 Å². The molecule has 0 aliphatic heterocycles. The van der Waals surface area contributed by atoms with Gasteiger partial charge in [-0.25, -0.2) is 0 Å². The van der Waals surface area contributed by atoms with Gasteiger partial charge in [0.2, 0.25) is 0 Å². The van der Waals surface area contributed by atoms with Gasteiger partial charge in [0, 0.05) is 20.0 Å². The molecule has 0 atom stereocenters. The van der Waals surface area contributed by atoms with E-state index < -0.39 is 0 Å². The number of ether oxygens (including phenoxy) is 1. The molecule has 0 radical (unpaired) electrons. The molecular weight excluding hydrogens is 313 g/mol. The summed E-state index contributed by atoms with van der Waals surface area (Å²) in [6.45, 7) is 0.498. The lowest BCUT2D eigenvalue weighted by Gasteiger charge is -2.19. The normalized spacial score (nSPS) is 10.5. The van der Waals surface area contributed by atoms with Crippen LogP contribution in [0.2, 0.25) is 10.0 Å². The minimum absolute atomic E-state index is 0.245. The number of furan rings is 1. The van der Waals surface area contributed by atoms with Gasteiger partial charge in [0.25, 0.3) is 5.91 Å². The molecule has 0 aliphatic rings. The molecule has 0 spiro atoms. The molecule has 4 nitrogen and oxygen atoms in total. The van der Waals surface area contributed by atoms with Crippen molar-refractivity contribution in [2.75, 3.05) is 20.7 Å². The Labute approximate surface area is 133 Å². The molecule has 0 N–H and O–H groups in total. The number of benzene rings is 1. The third-order valence-corrected chi connectivity index (χ3v) is 3.71. The second-order valence-corrected chi connectivity index (χ2v) is 5.31. The third-order valence-electron chi connectivity index (χ3n) is 3.10. The Hall–Kier alpha value is -1.65. The van der Waals surface area contributed by atoms with E-state index in [1.54, 1.807) is 30.3 Å². The fourth-order valence-corrected chi connectivity index (χ4v) is 2.42. The van der Waals surface area contributed by atoms with Crippen molar-refractivity contribution in [3.05, 3.63) is 51.9 Å². The molecule has 0 fully saturated rings. The van der Waals surface area contributed by atoms with Crippen LogP contribution in [0.3, 0.4) is 0 Å². The highest BCUT2D eigenvalue weighted by Gasteiger charge is 2.22. The lowest BCUT2D eigenvalue weighted by Crippen LogP contribution is -2.29. The second kappa shape index (κ2) is 6.87. The van der Waals surface area contributed by atoms with Crippen LogP contribution < -0.4 is 4.74 Å². The predicted octanol–water partition coefficient (Wildman–Crippen LogP) is 3.91. The molecule has 112 valence electrons. The highest BCUT2D eigenvalue weighted by molar-refractivity contribution is 6.37. The van der Waals surface area contributed by atoms with Crippen molar-refractivity contribution >= 4 is 29.1 Å². The smallest absolute Gasteiger partial charge is 0.258 e. The molecule has 2 aromatic rings. The van der Waals surface area contributed by atoms with Gasteiger partial charge >= 0.3 is 0 Å². The van der Waals surface area contributed by atoms with Crippen LogP contribution in [0.15, 0.2) is 34.9 Å². The number of halogens is 2. The molecule has 0 saturated heterocycles. The number of nitrogens with zero attached hydrogens (tertiary/aromatic N) is 1. The standard InChI is InChI=1S/C15H15Cl2NO3/c1-18(8-7-10-4-3-9-21-10)15(19)13-11(16)5-6-12(17)14(13)20-2/h3-6,9H,7-8H2,1-2H3. The van der Waals surface area contributed by atoms with Crippen molar-refractivity contribution in [3.63, 3.8) is 0 Å². The Kier molecular flexibility index (Phi) is 5.15. The molecule has 0 unspecified atom stereocenters. The first kappa shape index (κ1) is 15.7. The van der Waals surface area contributed by atoms with E-state index in [-0.39, 0.29) is 11.5 Å². The van der Waals surface area contributed by atoms with Gasteiger partial charge in [0.05, 0.1) is 23.4 Å². The number of methoxy groups -OCH3 is 1. The Morgan fingerprint density at radius 2 is 2.00 bits per heavy atom. The summed E-state index contributed by atoms with van der Waals surface area (Å²) in [5.41, 5.74) is 0.272. The number of rotatable bonds is 5. The summed E-state index contributed by atoms with van der Waals surface area (Å²) in [5, 5.41) is 0.663. The van der Waals surface area contributed by atoms with Crippen LogP contribution in [0, 0.1) is 0 Å². The fraction of sp³-hybridized carbons (Fsp3) is 0.267. The van der Waals surface area contributed by atoms with Gasteiger partial charge < -0.3 is 14.1 Å². The Balaban J connectivity index is 2.17. The summed E-state index contributed by atoms with van der Waals surface area (Å²) in [7, 11) is 3.15. The molecule has 0 bridgehead atoms. The number of hydrogen-bond acceptors (Lipinski definition) is 3. The number of carbonyl (C=O) groups is 1. The van der Waals surface area contributed by atoms with Gasteiger partial charge in [0.15, 0.2) is 5.75 Å². The average Bonchev–Trinajstić information content (AvgIpc) is 2.99. The van der Waals surface area contributed by atoms with E-state index >= 15 is 0 Å². The summed E-state index contributed by atoms with van der Waals surface area (Å²) in [6.07, 6.45) is 2.23. The van der Waals surface area contributed by atoms with E-state index in [4.69, 9.17) is 32.4 Å². The summed E-state index contributed by atoms with van der Waals surface area (Å²) in [4.78, 5) is 14.1. The molecule has 1 amide bonds. The molecule has 6 heteroatoms. The van der Waals surface area contributed by atoms with Gasteiger partial charge in [-0.2, -0.15) is 0 Å². The third kappa shape index (κ3) is 3.52. The average molecular weight is 328 g/mol. The molecule has 1 aromatic heterocycles. The van der Waals surface area contributed by atoms with Crippen LogP contribution in [-0.4, -0.2) is 31.5 Å². The first-order valence-electron chi connectivity index (χ1n) is 6.34. The molecule has 0 aliphatic carbocycles. The van der Waals surface area contributed by atoms with Crippen LogP contribution >= 0.6 is 23.2 Å². The summed E-state index contributed by atoms with van der Waals surface area (Å²) in [6, 6.07) is 6.86. The van der Waals surface area contributed by atoms with Crippen LogP contribution in [0.1, 0.15) is 16.1 Å². The van der Waals surface area contributed by atoms with E-state index in [0.717, 1.165) is 5.76 Å². The Morgan fingerprint density at radius 3 is 2.62 bits per heavy atom. The number of amides is 1. The van der Waals surface area contributed by atoms with Crippen molar-refractivity contribution in [2.45, 2.75) is 6.42 Å². The molecule has 1 heterocycles. The number of likely N-dealkylation sites (N-methyl/N-ethyl adjacent to an activating group) is 1. The maximum Gasteiger partial charge on any atom is 0.258 e. The van der Waals surface area contributed by atoms with Crippen LogP contribution in [0.4, 0.5) is 0 Å². The summed E-state index contributed by atoms with van der Waals surface area (Å²) in [5.74, 6) is 0.865. The summed E-state index contributed by atoms with van der Waals surface area (Å²) < 4.78 is 10.4. The van der Waals surface area contributed by atoms with Gasteiger partial charge in [0.1, 0.15) is 11.3 Å². The van der Waals surface area contributed by atoms with E-state index in [9.17, 15) is 4.79 Å². The number of hydrogen-bond donors (Lipinski definition) is 0. The first-order chi connectivity index (χ1) is 10.0. The molecule has 2 rings (SSSR count). The van der Waals surface area contributed by atoms with Gasteiger partial charge in [-0.1, -0.05) is 23.2 Å². The minimum atomic E-state index is -0.245. The van der Waals surface area contributed by atoms with Crippen LogP contribution in [-0.2, 0) is 6.42 Å². The highest BCUT2D eigenvalue weighted by atomic mass is 35.5. The van der Waals surface area contributed by atoms with E-state index in [1.165, 1.54) is 7.11 Å². The van der Waals surface area contributed by atoms with Gasteiger partial charge in [-0.3, -0.25) is 4.79 Å². The van der Waals surface area contributed by atoms with Gasteiger partial charge in [-0.15, -0.1) is 0 Å². The highest BCUT2D eigenvalue weighted by Crippen LogP contribution is 2.34. The number of carbonyl (C=O) groups excluding carboxylic acids is 1. The van der Waals surface area contributed by atoms with Gasteiger partial charge in [-0.05, 0) is 24.3 Å². The molecule has 0 saturated carbocycles. The maximum atomic E-state index is 12.5. The van der Waals surface area contributed by atoms with Crippen LogP contribution in [0.5, 0.6) is 5.75 Å². The molecular formula is C15H15Cl2NO3. The summed E-state index contributed by atoms with van der Waals surface area (Å²) >= 11 is 12.2. The zero-order valence-corrected chi connectivity index (χ0v) is 13.2. The lowest BCUT2D eigenvalue weighted by molar-refractivity contribution is 0.0792. The fourth-order valence-electron chi connectivity index (χ4n) is 1.96.